The zero-order valence-electron chi connectivity index (χ0n) is 83.8. The summed E-state index contributed by atoms with van der Waals surface area (Å²) in [5.41, 5.74) is 42.7. The predicted octanol–water partition coefficient (Wildman–Crippen LogP) is 6.09. The van der Waals surface area contributed by atoms with E-state index in [1.165, 1.54) is 11.3 Å². The summed E-state index contributed by atoms with van der Waals surface area (Å²) in [5, 5.41) is 37.0. The number of benzene rings is 7. The third-order valence-corrected chi connectivity index (χ3v) is 25.0. The molecule has 35 nitrogen and oxygen atoms in total. The van der Waals surface area contributed by atoms with Gasteiger partial charge in [-0.1, -0.05) is 230 Å². The average molecular weight is 2000 g/mol. The molecule has 1 saturated heterocycles. The molecule has 3 heterocycles. The van der Waals surface area contributed by atoms with Crippen LogP contribution in [0.25, 0.3) is 11.0 Å². The number of thiazole rings is 1. The first-order valence-corrected chi connectivity index (χ1v) is 51.1. The van der Waals surface area contributed by atoms with E-state index < -0.39 is 126 Å². The minimum Gasteiger partial charge on any atom is -0.381 e. The lowest BCUT2D eigenvalue weighted by Gasteiger charge is -2.27. The molecule has 36 heteroatoms. The number of aromatic amines is 2. The highest BCUT2D eigenvalue weighted by Crippen LogP contribution is 2.20. The van der Waals surface area contributed by atoms with Crippen molar-refractivity contribution in [3.63, 3.8) is 0 Å². The molecule has 1 aliphatic heterocycles. The van der Waals surface area contributed by atoms with E-state index in [4.69, 9.17) is 39.1 Å². The van der Waals surface area contributed by atoms with E-state index in [1.54, 1.807) is 24.4 Å². The molecular formula is C108H151N21O14S. The molecule has 0 saturated carbocycles. The molecule has 1 fully saturated rings. The minimum atomic E-state index is -1.01. The van der Waals surface area contributed by atoms with Gasteiger partial charge in [0.15, 0.2) is 0 Å². The molecule has 0 aliphatic carbocycles. The topological polar surface area (TPSA) is 576 Å². The maximum atomic E-state index is 13.9. The fourth-order valence-corrected chi connectivity index (χ4v) is 16.9. The number of ether oxygens (including phenoxy) is 1. The van der Waals surface area contributed by atoms with Gasteiger partial charge < -0.3 is 113 Å². The van der Waals surface area contributed by atoms with Crippen LogP contribution in [0.15, 0.2) is 217 Å². The van der Waals surface area contributed by atoms with Gasteiger partial charge in [-0.25, -0.2) is 9.78 Å². The number of rotatable bonds is 57. The molecule has 144 heavy (non-hydrogen) atoms. The fourth-order valence-electron chi connectivity index (χ4n) is 16.4. The van der Waals surface area contributed by atoms with Crippen molar-refractivity contribution in [2.24, 2.45) is 58.1 Å². The Labute approximate surface area is 848 Å². The normalized spacial score (nSPS) is 14.4. The summed E-state index contributed by atoms with van der Waals surface area (Å²) in [6, 6.07) is 50.5. The predicted molar refractivity (Wildman–Crippen MR) is 561 cm³/mol. The van der Waals surface area contributed by atoms with Crippen molar-refractivity contribution in [2.75, 3.05) is 39.4 Å². The van der Waals surface area contributed by atoms with Crippen molar-refractivity contribution in [3.8, 4) is 0 Å². The number of nitrogens with zero attached hydrogens (tertiary/aromatic N) is 1. The largest absolute Gasteiger partial charge is 0.381 e. The molecule has 0 unspecified atom stereocenters. The number of unbranched alkanes of at least 4 members (excludes halogenated alkanes) is 3. The first-order chi connectivity index (χ1) is 69.3. The first kappa shape index (κ1) is 116. The molecule has 26 N–H and O–H groups in total. The molecule has 1 aliphatic rings. The third kappa shape index (κ3) is 43.1. The number of aromatic nitrogens is 3. The zero-order valence-corrected chi connectivity index (χ0v) is 84.6. The lowest BCUT2D eigenvalue weighted by Crippen LogP contribution is -2.58. The quantitative estimate of drug-likeness (QED) is 0.0192. The molecule has 12 atom stereocenters. The maximum absolute atomic E-state index is 13.9. The molecular weight excluding hydrogens is 1850 g/mol. The van der Waals surface area contributed by atoms with Crippen molar-refractivity contribution in [1.82, 2.24) is 78.8 Å². The molecule has 12 amide bonds. The number of hydrogen-bond donors (Lipinski definition) is 20. The minimum absolute atomic E-state index is 0.0156. The molecule has 778 valence electrons. The summed E-state index contributed by atoms with van der Waals surface area (Å²) < 4.78 is 5.42. The van der Waals surface area contributed by atoms with Crippen molar-refractivity contribution in [1.29, 1.82) is 0 Å². The molecule has 2 aromatic heterocycles. The van der Waals surface area contributed by atoms with E-state index in [0.717, 1.165) is 63.2 Å². The number of fused-ring (bicyclic) bond motifs is 1. The molecule has 0 bridgehead atoms. The van der Waals surface area contributed by atoms with Crippen LogP contribution in [0.2, 0.25) is 0 Å². The van der Waals surface area contributed by atoms with Crippen LogP contribution in [-0.4, -0.2) is 198 Å². The highest BCUT2D eigenvalue weighted by molar-refractivity contribution is 7.09. The van der Waals surface area contributed by atoms with Crippen LogP contribution < -0.4 is 104 Å². The summed E-state index contributed by atoms with van der Waals surface area (Å²) >= 11 is 1.42. The van der Waals surface area contributed by atoms with Gasteiger partial charge in [-0.15, -0.1) is 11.3 Å². The second kappa shape index (κ2) is 63.7. The maximum Gasteiger partial charge on any atom is 0.323 e. The van der Waals surface area contributed by atoms with Crippen molar-refractivity contribution in [2.45, 2.75) is 256 Å². The second-order valence-corrected chi connectivity index (χ2v) is 38.9. The third-order valence-electron chi connectivity index (χ3n) is 24.3. The van der Waals surface area contributed by atoms with Crippen LogP contribution in [0.5, 0.6) is 0 Å². The molecule has 10 rings (SSSR count). The standard InChI is InChI=1S/C38H50N8O5.C36H54N6O5.C34H47N7O4S/c1-24(2)19-32(36(49)42-30(15-9-10-18-39)35(48)41-23-27-16-17-29-31(22-27)46-38(51)45-29)44-37(50)33(21-26-13-7-4-8-14-26)43-34(47)28(40)20-25-11-5-3-6-12-25;1-25(2)21-31(35(45)40-30(15-9-10-18-37)34(44)39-24-28-16-19-47-20-17-28)42-36(46)32(23-27-13-7-4-8-14-27)41-33(43)29(38)22-26-11-5-3-6-12-26;1-23(2)19-28(33(44)39-27(15-9-10-16-35)32(43)38-22-30-37-17-18-46-30)41-34(45)29(21-25-13-7-4-8-14-25)40-31(42)26(36)20-24-11-5-3-6-12-24/h3-8,11-14,16-17,22,24,28,30,32-33H,9-10,15,18-21,23,39-40H2,1-2H3,(H,41,48)(H,42,49)(H,43,47)(H,44,50)(H2,45,46,51);3-8,11-14,25,28-32H,9-10,15-24,37-38H2,1-2H3,(H,39,44)(H,40,45)(H,41,43)(H,42,46);3-8,11-14,17-18,23,26-29H,9-10,15-16,19-22,35-36H2,1-2H3,(H,38,43)(H,39,44)(H,40,42)(H,41,45)/t28-,30-,32-,33-;29-,30-,31-,32-;26-,27-,28-,29-/m111/s1. The number of hydrogen-bond acceptors (Lipinski definition) is 22. The number of amides is 12. The Morgan fingerprint density at radius 1 is 0.340 bits per heavy atom. The van der Waals surface area contributed by atoms with Crippen LogP contribution in [0.4, 0.5) is 0 Å². The van der Waals surface area contributed by atoms with E-state index in [1.807, 2.05) is 229 Å². The summed E-state index contributed by atoms with van der Waals surface area (Å²) in [7, 11) is 0. The lowest BCUT2D eigenvalue weighted by atomic mass is 9.99. The summed E-state index contributed by atoms with van der Waals surface area (Å²) in [4.78, 5) is 183. The number of carbonyl (C=O) groups is 12. The summed E-state index contributed by atoms with van der Waals surface area (Å²) in [6.07, 6.45) is 11.0. The van der Waals surface area contributed by atoms with Gasteiger partial charge in [0.05, 0.1) is 35.7 Å². The van der Waals surface area contributed by atoms with Crippen LogP contribution in [0.3, 0.4) is 0 Å². The summed E-state index contributed by atoms with van der Waals surface area (Å²) in [6.45, 7) is 15.3. The van der Waals surface area contributed by atoms with E-state index in [9.17, 15) is 62.3 Å². The van der Waals surface area contributed by atoms with Gasteiger partial charge in [0, 0.05) is 57.1 Å². The van der Waals surface area contributed by atoms with Gasteiger partial charge in [0.2, 0.25) is 70.9 Å². The van der Waals surface area contributed by atoms with Gasteiger partial charge in [-0.2, -0.15) is 0 Å². The van der Waals surface area contributed by atoms with Crippen molar-refractivity contribution >= 4 is 93.3 Å². The fraction of sp³-hybridized carbons (Fsp3) is 0.463. The van der Waals surface area contributed by atoms with Crippen molar-refractivity contribution in [3.05, 3.63) is 266 Å². The monoisotopic (exact) mass is 2000 g/mol. The summed E-state index contributed by atoms with van der Waals surface area (Å²) in [5.74, 6) is -4.94. The van der Waals surface area contributed by atoms with E-state index >= 15 is 0 Å². The Hall–Kier alpha value is -13.2. The van der Waals surface area contributed by atoms with Gasteiger partial charge in [-0.05, 0) is 204 Å². The Morgan fingerprint density at radius 3 is 0.944 bits per heavy atom. The Morgan fingerprint density at radius 2 is 0.632 bits per heavy atom. The molecule has 0 radical (unpaired) electrons. The number of carbonyl (C=O) groups excluding carboxylic acids is 12. The zero-order chi connectivity index (χ0) is 104. The second-order valence-electron chi connectivity index (χ2n) is 37.9. The SMILES string of the molecule is CC(C)C[C@@H](NC(=O)[C@@H](Cc1ccccc1)NC(=O)[C@H](N)Cc1ccccc1)C(=O)N[C@H](CCCCN)C(=O)NCC1CCOCC1.CC(C)C[C@@H](NC(=O)[C@@H](Cc1ccccc1)NC(=O)[C@H](N)Cc1ccccc1)C(=O)N[C@H](CCCCN)C(=O)NCc1ccc2[nH]c(=O)[nH]c2c1.CC(C)C[C@@H](NC(=O)[C@@H](Cc1ccccc1)NC(=O)[C@H](N)Cc1ccccc1)C(=O)N[C@H](CCCCN)C(=O)NCc1nccs1. The van der Waals surface area contributed by atoms with E-state index in [-0.39, 0.29) is 73.5 Å². The number of imidazole rings is 1. The van der Waals surface area contributed by atoms with Crippen LogP contribution in [0, 0.1) is 23.7 Å². The van der Waals surface area contributed by atoms with Gasteiger partial charge >= 0.3 is 5.69 Å². The van der Waals surface area contributed by atoms with Gasteiger partial charge in [0.25, 0.3) is 0 Å². The Balaban J connectivity index is 0.000000264. The lowest BCUT2D eigenvalue weighted by molar-refractivity contribution is -0.134. The van der Waals surface area contributed by atoms with E-state index in [0.29, 0.717) is 146 Å². The van der Waals surface area contributed by atoms with Gasteiger partial charge in [-0.3, -0.25) is 57.5 Å². The Kier molecular flexibility index (Phi) is 51.4. The smallest absolute Gasteiger partial charge is 0.323 e. The highest BCUT2D eigenvalue weighted by atomic mass is 32.1. The van der Waals surface area contributed by atoms with Crippen LogP contribution >= 0.6 is 11.3 Å². The first-order valence-electron chi connectivity index (χ1n) is 50.2. The number of H-pyrrole nitrogens is 2. The average Bonchev–Trinajstić information content (AvgIpc) is 1.67. The van der Waals surface area contributed by atoms with Crippen molar-refractivity contribution < 1.29 is 62.3 Å². The molecule has 0 spiro atoms. The van der Waals surface area contributed by atoms with E-state index in [2.05, 4.69) is 78.8 Å². The number of nitrogens with one attached hydrogen (secondary N) is 14. The van der Waals surface area contributed by atoms with Crippen LogP contribution in [0.1, 0.15) is 175 Å². The Bertz CT molecular complexity index is 5430. The molecule has 7 aromatic carbocycles. The highest BCUT2D eigenvalue weighted by Gasteiger charge is 2.37. The van der Waals surface area contributed by atoms with Gasteiger partial charge in [0.1, 0.15) is 59.4 Å². The molecule has 9 aromatic rings. The van der Waals surface area contributed by atoms with Crippen LogP contribution in [-0.2, 0) is 114 Å². The number of nitrogens with two attached hydrogens (primary N) is 6.